The SMILES string of the molecule is CCCc1cc(C(O)(C(F)F)C(F)(F)F)cc(CCC)c1OCCCN1C(=O)NC(CC)(c2ccc3c(c2)OCO3)C1=O. The monoisotopic (exact) mass is 614 g/mol. The molecule has 13 heteroatoms. The molecule has 4 rings (SSSR count). The fourth-order valence-electron chi connectivity index (χ4n) is 5.51. The van der Waals surface area contributed by atoms with E-state index in [-0.39, 0.29) is 62.5 Å². The second kappa shape index (κ2) is 12.6. The van der Waals surface area contributed by atoms with Crippen LogP contribution in [0.4, 0.5) is 26.7 Å². The first kappa shape index (κ1) is 32.3. The number of aryl methyl sites for hydroxylation is 2. The van der Waals surface area contributed by atoms with E-state index in [9.17, 15) is 36.6 Å². The van der Waals surface area contributed by atoms with Gasteiger partial charge in [0.1, 0.15) is 11.3 Å². The summed E-state index contributed by atoms with van der Waals surface area (Å²) in [4.78, 5) is 27.5. The molecule has 2 aliphatic rings. The zero-order valence-corrected chi connectivity index (χ0v) is 24.2. The predicted molar refractivity (Wildman–Crippen MR) is 145 cm³/mol. The Labute approximate surface area is 246 Å². The lowest BCUT2D eigenvalue weighted by atomic mass is 9.87. The van der Waals surface area contributed by atoms with Gasteiger partial charge in [-0.1, -0.05) is 39.7 Å². The van der Waals surface area contributed by atoms with Gasteiger partial charge in [-0.15, -0.1) is 0 Å². The van der Waals surface area contributed by atoms with Crippen molar-refractivity contribution >= 4 is 11.9 Å². The molecule has 2 atom stereocenters. The lowest BCUT2D eigenvalue weighted by Gasteiger charge is -2.31. The van der Waals surface area contributed by atoms with Crippen LogP contribution in [0.2, 0.25) is 0 Å². The number of nitrogens with zero attached hydrogens (tertiary/aromatic N) is 1. The Hall–Kier alpha value is -3.61. The lowest BCUT2D eigenvalue weighted by Crippen LogP contribution is -2.48. The van der Waals surface area contributed by atoms with Crippen molar-refractivity contribution in [3.05, 3.63) is 52.6 Å². The van der Waals surface area contributed by atoms with Gasteiger partial charge in [-0.25, -0.2) is 13.6 Å². The molecule has 0 radical (unpaired) electrons. The maximum absolute atomic E-state index is 13.6. The summed E-state index contributed by atoms with van der Waals surface area (Å²) < 4.78 is 84.9. The second-order valence-corrected chi connectivity index (χ2v) is 10.6. The van der Waals surface area contributed by atoms with Crippen molar-refractivity contribution in [2.75, 3.05) is 19.9 Å². The zero-order chi connectivity index (χ0) is 31.6. The minimum absolute atomic E-state index is 0.000478. The molecule has 2 aromatic rings. The number of carbonyl (C=O) groups excluding carboxylic acids is 2. The van der Waals surface area contributed by atoms with Gasteiger partial charge in [-0.3, -0.25) is 9.69 Å². The average Bonchev–Trinajstić information content (AvgIpc) is 3.52. The maximum atomic E-state index is 13.6. The van der Waals surface area contributed by atoms with Gasteiger partial charge in [-0.2, -0.15) is 13.2 Å². The van der Waals surface area contributed by atoms with Gasteiger partial charge in [0.05, 0.1) is 6.61 Å². The van der Waals surface area contributed by atoms with Gasteiger partial charge in [-0.05, 0) is 72.2 Å². The number of imide groups is 1. The van der Waals surface area contributed by atoms with Crippen LogP contribution in [0, 0.1) is 0 Å². The van der Waals surface area contributed by atoms with Crippen LogP contribution in [0.25, 0.3) is 0 Å². The number of urea groups is 1. The topological polar surface area (TPSA) is 97.3 Å². The van der Waals surface area contributed by atoms with Crippen LogP contribution in [-0.2, 0) is 28.8 Å². The molecule has 3 amide bonds. The van der Waals surface area contributed by atoms with Crippen LogP contribution in [0.3, 0.4) is 0 Å². The summed E-state index contributed by atoms with van der Waals surface area (Å²) in [6.45, 7) is 5.37. The van der Waals surface area contributed by atoms with Gasteiger partial charge >= 0.3 is 12.2 Å². The van der Waals surface area contributed by atoms with Crippen LogP contribution in [0.1, 0.15) is 68.7 Å². The number of aliphatic hydroxyl groups is 1. The van der Waals surface area contributed by atoms with Crippen molar-refractivity contribution in [3.8, 4) is 17.2 Å². The van der Waals surface area contributed by atoms with E-state index in [4.69, 9.17) is 14.2 Å². The van der Waals surface area contributed by atoms with E-state index < -0.39 is 41.2 Å². The van der Waals surface area contributed by atoms with Crippen LogP contribution in [-0.4, -0.2) is 54.5 Å². The highest BCUT2D eigenvalue weighted by molar-refractivity contribution is 6.07. The Bertz CT molecular complexity index is 1330. The molecule has 2 unspecified atom stereocenters. The molecule has 0 aliphatic carbocycles. The Kier molecular flexibility index (Phi) is 9.43. The highest BCUT2D eigenvalue weighted by atomic mass is 19.4. The Morgan fingerprint density at radius 2 is 1.65 bits per heavy atom. The second-order valence-electron chi connectivity index (χ2n) is 10.6. The van der Waals surface area contributed by atoms with Crippen molar-refractivity contribution in [2.45, 2.75) is 83.0 Å². The number of rotatable bonds is 13. The summed E-state index contributed by atoms with van der Waals surface area (Å²) in [5, 5.41) is 12.9. The first-order valence-electron chi connectivity index (χ1n) is 14.2. The smallest absolute Gasteiger partial charge is 0.427 e. The summed E-state index contributed by atoms with van der Waals surface area (Å²) in [7, 11) is 0. The molecule has 2 aromatic carbocycles. The normalized spacial score (nSPS) is 19.6. The molecule has 2 heterocycles. The first-order chi connectivity index (χ1) is 20.3. The molecule has 0 aromatic heterocycles. The number of fused-ring (bicyclic) bond motifs is 1. The molecule has 1 saturated heterocycles. The Balaban J connectivity index is 1.52. The zero-order valence-electron chi connectivity index (χ0n) is 24.2. The van der Waals surface area contributed by atoms with Crippen molar-refractivity contribution in [3.63, 3.8) is 0 Å². The predicted octanol–water partition coefficient (Wildman–Crippen LogP) is 5.96. The van der Waals surface area contributed by atoms with Gasteiger partial charge in [0, 0.05) is 6.54 Å². The average molecular weight is 615 g/mol. The number of ether oxygens (including phenoxy) is 3. The number of benzene rings is 2. The summed E-state index contributed by atoms with van der Waals surface area (Å²) in [5.74, 6) is 0.820. The molecular weight excluding hydrogens is 579 g/mol. The molecule has 43 heavy (non-hydrogen) atoms. The van der Waals surface area contributed by atoms with E-state index in [2.05, 4.69) is 5.32 Å². The van der Waals surface area contributed by atoms with E-state index in [0.717, 1.165) is 17.0 Å². The standard InChI is InChI=1S/C30H35F5N2O6/c1-4-8-18-14-21(29(40,25(31)32)30(33,34)35)15-19(9-5-2)24(18)41-13-7-12-37-26(38)28(6-3,36-27(37)39)20-10-11-22-23(16-20)43-17-42-22/h10-11,14-16,25,40H,4-9,12-13,17H2,1-3H3,(H,36,39). The van der Waals surface area contributed by atoms with Crippen LogP contribution >= 0.6 is 0 Å². The molecule has 2 N–H and O–H groups in total. The van der Waals surface area contributed by atoms with Crippen molar-refractivity contribution in [2.24, 2.45) is 0 Å². The molecule has 0 spiro atoms. The molecular formula is C30H35F5N2O6. The summed E-state index contributed by atoms with van der Waals surface area (Å²) in [6.07, 6.45) is -7.83. The molecule has 2 aliphatic heterocycles. The molecule has 0 bridgehead atoms. The fraction of sp³-hybridized carbons (Fsp3) is 0.533. The maximum Gasteiger partial charge on any atom is 0.427 e. The third-order valence-electron chi connectivity index (χ3n) is 7.81. The van der Waals surface area contributed by atoms with Gasteiger partial charge < -0.3 is 24.6 Å². The van der Waals surface area contributed by atoms with Gasteiger partial charge in [0.2, 0.25) is 12.4 Å². The minimum Gasteiger partial charge on any atom is -0.493 e. The first-order valence-corrected chi connectivity index (χ1v) is 14.2. The summed E-state index contributed by atoms with van der Waals surface area (Å²) >= 11 is 0. The molecule has 1 fully saturated rings. The molecule has 8 nitrogen and oxygen atoms in total. The van der Waals surface area contributed by atoms with Crippen LogP contribution in [0.5, 0.6) is 17.2 Å². The number of alkyl halides is 5. The van der Waals surface area contributed by atoms with E-state index in [0.29, 0.717) is 29.9 Å². The number of carbonyl (C=O) groups is 2. The largest absolute Gasteiger partial charge is 0.493 e. The third-order valence-corrected chi connectivity index (χ3v) is 7.81. The lowest BCUT2D eigenvalue weighted by molar-refractivity contribution is -0.305. The van der Waals surface area contributed by atoms with E-state index in [1.807, 2.05) is 0 Å². The number of halogens is 5. The third kappa shape index (κ3) is 5.83. The summed E-state index contributed by atoms with van der Waals surface area (Å²) in [6, 6.07) is 6.31. The molecule has 0 saturated carbocycles. The quantitative estimate of drug-likeness (QED) is 0.164. The van der Waals surface area contributed by atoms with Crippen molar-refractivity contribution in [1.82, 2.24) is 10.2 Å². The highest BCUT2D eigenvalue weighted by Crippen LogP contribution is 2.46. The Morgan fingerprint density at radius 1 is 1.02 bits per heavy atom. The molecule has 236 valence electrons. The minimum atomic E-state index is -5.60. The summed E-state index contributed by atoms with van der Waals surface area (Å²) in [5.41, 5.74) is -5.49. The van der Waals surface area contributed by atoms with Gasteiger partial charge in [0.25, 0.3) is 12.3 Å². The van der Waals surface area contributed by atoms with Crippen LogP contribution < -0.4 is 19.5 Å². The highest BCUT2D eigenvalue weighted by Gasteiger charge is 2.62. The van der Waals surface area contributed by atoms with Crippen molar-refractivity contribution in [1.29, 1.82) is 0 Å². The van der Waals surface area contributed by atoms with Gasteiger partial charge in [0.15, 0.2) is 11.5 Å². The van der Waals surface area contributed by atoms with E-state index >= 15 is 0 Å². The van der Waals surface area contributed by atoms with E-state index in [1.54, 1.807) is 39.0 Å². The fourth-order valence-corrected chi connectivity index (χ4v) is 5.51. The van der Waals surface area contributed by atoms with Crippen LogP contribution in [0.15, 0.2) is 30.3 Å². The number of nitrogens with one attached hydrogen (secondary N) is 1. The number of hydrogen-bond donors (Lipinski definition) is 2. The Morgan fingerprint density at radius 3 is 2.21 bits per heavy atom. The van der Waals surface area contributed by atoms with E-state index in [1.165, 1.54) is 0 Å². The number of amides is 3. The van der Waals surface area contributed by atoms with Crippen molar-refractivity contribution < 1.29 is 50.9 Å². The number of hydrogen-bond acceptors (Lipinski definition) is 6.